The molecule has 0 saturated carbocycles. The van der Waals surface area contributed by atoms with Gasteiger partial charge >= 0.3 is 11.9 Å². The summed E-state index contributed by atoms with van der Waals surface area (Å²) in [6.07, 6.45) is 2.77. The lowest BCUT2D eigenvalue weighted by Gasteiger charge is -2.27. The molecule has 4 nitrogen and oxygen atoms in total. The van der Waals surface area contributed by atoms with Gasteiger partial charge in [0.2, 0.25) is 0 Å². The molecule has 0 aliphatic heterocycles. The fourth-order valence-corrected chi connectivity index (χ4v) is 2.18. The summed E-state index contributed by atoms with van der Waals surface area (Å²) in [6, 6.07) is 4.90. The number of ether oxygens (including phenoxy) is 1. The van der Waals surface area contributed by atoms with Crippen molar-refractivity contribution in [3.05, 3.63) is 48.3 Å². The second-order valence-corrected chi connectivity index (χ2v) is 4.62. The van der Waals surface area contributed by atoms with E-state index in [9.17, 15) is 19.1 Å². The number of rotatable bonds is 8. The molecule has 1 rings (SSSR count). The Morgan fingerprint density at radius 2 is 2.00 bits per heavy atom. The molecule has 0 amide bonds. The number of hydrogen-bond donors (Lipinski definition) is 1. The van der Waals surface area contributed by atoms with E-state index in [4.69, 9.17) is 4.74 Å². The summed E-state index contributed by atoms with van der Waals surface area (Å²) in [5, 5.41) is 9.62. The number of allylic oxidation sites excluding steroid dienone is 1. The topological polar surface area (TPSA) is 63.6 Å². The Balaban J connectivity index is 3.28. The van der Waals surface area contributed by atoms with E-state index in [-0.39, 0.29) is 18.6 Å². The summed E-state index contributed by atoms with van der Waals surface area (Å²) in [5.74, 6) is -2.61. The van der Waals surface area contributed by atoms with Crippen molar-refractivity contribution in [3.63, 3.8) is 0 Å². The van der Waals surface area contributed by atoms with Gasteiger partial charge < -0.3 is 9.84 Å². The minimum absolute atomic E-state index is 0.0683. The molecule has 0 aromatic heterocycles. The van der Waals surface area contributed by atoms with Crippen LogP contribution in [0, 0.1) is 5.82 Å². The molecule has 1 N–H and O–H groups in total. The highest BCUT2D eigenvalue weighted by molar-refractivity contribution is 6.05. The summed E-state index contributed by atoms with van der Waals surface area (Å²) >= 11 is 0. The van der Waals surface area contributed by atoms with Crippen molar-refractivity contribution in [1.82, 2.24) is 0 Å². The smallest absolute Gasteiger partial charge is 0.328 e. The van der Waals surface area contributed by atoms with Crippen LogP contribution in [0.15, 0.2) is 36.9 Å². The highest BCUT2D eigenvalue weighted by atomic mass is 19.1. The summed E-state index contributed by atoms with van der Waals surface area (Å²) in [5.41, 5.74) is -1.59. The van der Waals surface area contributed by atoms with Crippen molar-refractivity contribution < 1.29 is 23.8 Å². The number of halogens is 1. The first-order valence-corrected chi connectivity index (χ1v) is 6.76. The van der Waals surface area contributed by atoms with E-state index in [0.29, 0.717) is 12.8 Å². The van der Waals surface area contributed by atoms with Gasteiger partial charge in [-0.2, -0.15) is 0 Å². The molecule has 21 heavy (non-hydrogen) atoms. The van der Waals surface area contributed by atoms with Gasteiger partial charge in [-0.25, -0.2) is 4.39 Å². The van der Waals surface area contributed by atoms with Crippen LogP contribution in [0.2, 0.25) is 0 Å². The molecule has 0 fully saturated rings. The van der Waals surface area contributed by atoms with E-state index in [2.05, 4.69) is 6.58 Å². The fourth-order valence-electron chi connectivity index (χ4n) is 2.18. The van der Waals surface area contributed by atoms with E-state index in [1.165, 1.54) is 12.1 Å². The van der Waals surface area contributed by atoms with Crippen molar-refractivity contribution in [2.45, 2.75) is 31.6 Å². The molecule has 1 unspecified atom stereocenters. The van der Waals surface area contributed by atoms with Gasteiger partial charge in [-0.05, 0) is 43.9 Å². The predicted octanol–water partition coefficient (Wildman–Crippen LogP) is 3.07. The van der Waals surface area contributed by atoms with Crippen LogP contribution in [-0.2, 0) is 19.7 Å². The van der Waals surface area contributed by atoms with Crippen molar-refractivity contribution >= 4 is 11.9 Å². The fraction of sp³-hybridized carbons (Fsp3) is 0.375. The number of unbranched alkanes of at least 4 members (excludes halogenated alkanes) is 1. The maximum absolute atomic E-state index is 13.1. The molecule has 0 radical (unpaired) electrons. The molecule has 114 valence electrons. The molecule has 0 saturated heterocycles. The van der Waals surface area contributed by atoms with Crippen LogP contribution in [0.4, 0.5) is 4.39 Å². The third-order valence-electron chi connectivity index (χ3n) is 3.29. The maximum Gasteiger partial charge on any atom is 0.328 e. The van der Waals surface area contributed by atoms with Crippen LogP contribution >= 0.6 is 0 Å². The largest absolute Gasteiger partial charge is 0.480 e. The summed E-state index contributed by atoms with van der Waals surface area (Å²) in [7, 11) is 0. The Kier molecular flexibility index (Phi) is 6.09. The van der Waals surface area contributed by atoms with E-state index in [0.717, 1.165) is 12.1 Å². The Morgan fingerprint density at radius 3 is 2.48 bits per heavy atom. The second kappa shape index (κ2) is 7.57. The van der Waals surface area contributed by atoms with Crippen molar-refractivity contribution in [1.29, 1.82) is 0 Å². The molecule has 0 aliphatic carbocycles. The second-order valence-electron chi connectivity index (χ2n) is 4.62. The normalized spacial score (nSPS) is 13.2. The molecule has 0 heterocycles. The van der Waals surface area contributed by atoms with Gasteiger partial charge in [0.1, 0.15) is 5.82 Å². The van der Waals surface area contributed by atoms with Gasteiger partial charge in [-0.3, -0.25) is 9.59 Å². The van der Waals surface area contributed by atoms with Crippen LogP contribution in [0.3, 0.4) is 0 Å². The van der Waals surface area contributed by atoms with Gasteiger partial charge in [0, 0.05) is 0 Å². The van der Waals surface area contributed by atoms with Gasteiger partial charge in [-0.15, -0.1) is 6.58 Å². The van der Waals surface area contributed by atoms with E-state index in [1.807, 2.05) is 0 Å². The van der Waals surface area contributed by atoms with Crippen molar-refractivity contribution in [2.75, 3.05) is 6.61 Å². The van der Waals surface area contributed by atoms with Crippen LogP contribution in [-0.4, -0.2) is 23.7 Å². The van der Waals surface area contributed by atoms with Gasteiger partial charge in [0.25, 0.3) is 0 Å². The van der Waals surface area contributed by atoms with Gasteiger partial charge in [-0.1, -0.05) is 18.2 Å². The highest BCUT2D eigenvalue weighted by Crippen LogP contribution is 2.32. The number of esters is 1. The van der Waals surface area contributed by atoms with Crippen molar-refractivity contribution in [3.8, 4) is 0 Å². The predicted molar refractivity (Wildman–Crippen MR) is 76.4 cm³/mol. The third-order valence-corrected chi connectivity index (χ3v) is 3.29. The Labute approximate surface area is 123 Å². The van der Waals surface area contributed by atoms with Gasteiger partial charge in [0.15, 0.2) is 5.41 Å². The third kappa shape index (κ3) is 3.68. The quantitative estimate of drug-likeness (QED) is 0.346. The lowest BCUT2D eigenvalue weighted by Crippen LogP contribution is -2.45. The zero-order valence-corrected chi connectivity index (χ0v) is 12.0. The summed E-state index contributed by atoms with van der Waals surface area (Å²) < 4.78 is 18.0. The minimum atomic E-state index is -1.81. The average molecular weight is 294 g/mol. The number of carbonyl (C=O) groups is 2. The lowest BCUT2D eigenvalue weighted by molar-refractivity contribution is -0.162. The SMILES string of the molecule is C=CCCCC(C(=O)O)(C(=O)OCC)c1ccc(F)cc1. The number of carboxylic acid groups (broad SMARTS) is 1. The first-order chi connectivity index (χ1) is 9.98. The van der Waals surface area contributed by atoms with Gasteiger partial charge in [0.05, 0.1) is 6.61 Å². The summed E-state index contributed by atoms with van der Waals surface area (Å²) in [6.45, 7) is 5.27. The Hall–Kier alpha value is -2.17. The van der Waals surface area contributed by atoms with E-state index < -0.39 is 23.2 Å². The number of hydrogen-bond acceptors (Lipinski definition) is 3. The Bertz CT molecular complexity index is 510. The molecule has 1 atom stereocenters. The highest BCUT2D eigenvalue weighted by Gasteiger charge is 2.48. The number of carbonyl (C=O) groups excluding carboxylic acids is 1. The summed E-state index contributed by atoms with van der Waals surface area (Å²) in [4.78, 5) is 24.1. The van der Waals surface area contributed by atoms with Crippen LogP contribution < -0.4 is 0 Å². The molecule has 5 heteroatoms. The molecule has 1 aromatic carbocycles. The monoisotopic (exact) mass is 294 g/mol. The zero-order valence-electron chi connectivity index (χ0n) is 12.0. The van der Waals surface area contributed by atoms with Crippen LogP contribution in [0.1, 0.15) is 31.7 Å². The number of aliphatic carboxylic acids is 1. The number of benzene rings is 1. The molecule has 0 spiro atoms. The minimum Gasteiger partial charge on any atom is -0.480 e. The maximum atomic E-state index is 13.1. The zero-order chi connectivity index (χ0) is 15.9. The van der Waals surface area contributed by atoms with E-state index in [1.54, 1.807) is 13.0 Å². The Morgan fingerprint density at radius 1 is 1.38 bits per heavy atom. The lowest BCUT2D eigenvalue weighted by atomic mass is 9.76. The standard InChI is InChI=1S/C16H19FO4/c1-3-5-6-11-16(14(18)19,15(20)21-4-2)12-7-9-13(17)10-8-12/h3,7-10H,1,4-6,11H2,2H3,(H,18,19). The molecular weight excluding hydrogens is 275 g/mol. The van der Waals surface area contributed by atoms with Crippen molar-refractivity contribution in [2.24, 2.45) is 0 Å². The van der Waals surface area contributed by atoms with E-state index >= 15 is 0 Å². The first kappa shape index (κ1) is 16.9. The molecule has 1 aromatic rings. The first-order valence-electron chi connectivity index (χ1n) is 6.76. The molecule has 0 aliphatic rings. The van der Waals surface area contributed by atoms with Crippen LogP contribution in [0.25, 0.3) is 0 Å². The average Bonchev–Trinajstić information content (AvgIpc) is 2.45. The molecular formula is C16H19FO4. The molecule has 0 bridgehead atoms. The number of carboxylic acids is 1. The van der Waals surface area contributed by atoms with Crippen LogP contribution in [0.5, 0.6) is 0 Å².